The van der Waals surface area contributed by atoms with Gasteiger partial charge in [0.05, 0.1) is 17.1 Å². The second-order valence-corrected chi connectivity index (χ2v) is 8.40. The van der Waals surface area contributed by atoms with Crippen LogP contribution in [-0.4, -0.2) is 64.5 Å². The van der Waals surface area contributed by atoms with Gasteiger partial charge in [0.15, 0.2) is 5.82 Å². The first-order valence-corrected chi connectivity index (χ1v) is 10.8. The van der Waals surface area contributed by atoms with E-state index in [4.69, 9.17) is 0 Å². The molecule has 3 aromatic heterocycles. The van der Waals surface area contributed by atoms with E-state index in [0.29, 0.717) is 31.9 Å². The number of anilines is 2. The van der Waals surface area contributed by atoms with Gasteiger partial charge in [-0.1, -0.05) is 0 Å². The molecule has 2 aliphatic heterocycles. The van der Waals surface area contributed by atoms with Crippen LogP contribution >= 0.6 is 0 Å². The summed E-state index contributed by atoms with van der Waals surface area (Å²) in [6, 6.07) is 2.99. The van der Waals surface area contributed by atoms with Crippen molar-refractivity contribution in [1.82, 2.24) is 24.8 Å². The van der Waals surface area contributed by atoms with Crippen LogP contribution in [0.25, 0.3) is 5.52 Å². The zero-order chi connectivity index (χ0) is 24.1. The standard InChI is InChI=1S/C22H22F3N7O2/c1-11-15-18-17(28-21(11)33)16(23)12(10-32(18)29-20(15)25)9-30-5-7-31(8-6-30)14-4-3-13(22(34)26-2)27-19(14)24/h3-4,10-11H,5-9H2,1-2H3,(H,26,34)(H,28,33). The predicted molar refractivity (Wildman–Crippen MR) is 117 cm³/mol. The number of hydrogen-bond acceptors (Lipinski definition) is 6. The second-order valence-electron chi connectivity index (χ2n) is 8.40. The SMILES string of the molecule is CNC(=O)c1ccc(N2CCN(Cc3cn4nc(F)c5c4c(c3F)NC(=O)C5C)CC2)c(F)n1. The van der Waals surface area contributed by atoms with Crippen LogP contribution in [0.3, 0.4) is 0 Å². The van der Waals surface area contributed by atoms with Crippen molar-refractivity contribution in [2.24, 2.45) is 0 Å². The lowest BCUT2D eigenvalue weighted by atomic mass is 9.96. The van der Waals surface area contributed by atoms with Gasteiger partial charge in [-0.3, -0.25) is 14.5 Å². The Labute approximate surface area is 192 Å². The lowest BCUT2D eigenvalue weighted by molar-refractivity contribution is -0.117. The van der Waals surface area contributed by atoms with Gasteiger partial charge < -0.3 is 15.5 Å². The smallest absolute Gasteiger partial charge is 0.269 e. The number of nitrogens with one attached hydrogen (secondary N) is 2. The largest absolute Gasteiger partial charge is 0.365 e. The molecule has 2 aliphatic rings. The van der Waals surface area contributed by atoms with Crippen molar-refractivity contribution in [1.29, 1.82) is 0 Å². The van der Waals surface area contributed by atoms with E-state index in [9.17, 15) is 18.4 Å². The Morgan fingerprint density at radius 3 is 2.59 bits per heavy atom. The molecule has 5 heterocycles. The van der Waals surface area contributed by atoms with E-state index >= 15 is 4.39 Å². The molecule has 0 spiro atoms. The average molecular weight is 473 g/mol. The highest BCUT2D eigenvalue weighted by Crippen LogP contribution is 2.37. The summed E-state index contributed by atoms with van der Waals surface area (Å²) in [4.78, 5) is 31.4. The Morgan fingerprint density at radius 2 is 1.91 bits per heavy atom. The molecule has 0 aromatic carbocycles. The Morgan fingerprint density at radius 1 is 1.18 bits per heavy atom. The Hall–Kier alpha value is -3.67. The summed E-state index contributed by atoms with van der Waals surface area (Å²) < 4.78 is 45.5. The fourth-order valence-electron chi connectivity index (χ4n) is 4.51. The topological polar surface area (TPSA) is 94.9 Å². The van der Waals surface area contributed by atoms with E-state index in [0.717, 1.165) is 0 Å². The maximum Gasteiger partial charge on any atom is 0.269 e. The number of carbonyl (C=O) groups excluding carboxylic acids is 2. The van der Waals surface area contributed by atoms with Crippen molar-refractivity contribution >= 4 is 28.7 Å². The third-order valence-electron chi connectivity index (χ3n) is 6.39. The Bertz CT molecular complexity index is 1320. The highest BCUT2D eigenvalue weighted by atomic mass is 19.1. The zero-order valence-corrected chi connectivity index (χ0v) is 18.5. The second kappa shape index (κ2) is 8.28. The molecular weight excluding hydrogens is 451 g/mol. The monoisotopic (exact) mass is 473 g/mol. The molecule has 9 nitrogen and oxygen atoms in total. The lowest BCUT2D eigenvalue weighted by Gasteiger charge is -2.36. The van der Waals surface area contributed by atoms with Gasteiger partial charge >= 0.3 is 0 Å². The van der Waals surface area contributed by atoms with E-state index < -0.39 is 35.4 Å². The fraction of sp³-hybridized carbons (Fsp3) is 0.364. The predicted octanol–water partition coefficient (Wildman–Crippen LogP) is 1.88. The van der Waals surface area contributed by atoms with Crippen LogP contribution in [0.2, 0.25) is 0 Å². The van der Waals surface area contributed by atoms with Gasteiger partial charge in [0.1, 0.15) is 11.4 Å². The first-order chi connectivity index (χ1) is 16.3. The minimum Gasteiger partial charge on any atom is -0.365 e. The van der Waals surface area contributed by atoms with E-state index in [1.165, 1.54) is 29.9 Å². The Kier molecular flexibility index (Phi) is 5.39. The number of nitrogens with zero attached hydrogens (tertiary/aromatic N) is 5. The van der Waals surface area contributed by atoms with Gasteiger partial charge in [0, 0.05) is 57.1 Å². The van der Waals surface area contributed by atoms with E-state index in [1.807, 2.05) is 9.80 Å². The molecule has 1 unspecified atom stereocenters. The third kappa shape index (κ3) is 3.54. The summed E-state index contributed by atoms with van der Waals surface area (Å²) in [5.41, 5.74) is 0.824. The number of carbonyl (C=O) groups is 2. The molecular formula is C22H22F3N7O2. The summed E-state index contributed by atoms with van der Waals surface area (Å²) in [5.74, 6) is -3.84. The highest BCUT2D eigenvalue weighted by molar-refractivity contribution is 6.05. The summed E-state index contributed by atoms with van der Waals surface area (Å²) in [7, 11) is 1.45. The fourth-order valence-corrected chi connectivity index (χ4v) is 4.51. The molecule has 1 atom stereocenters. The summed E-state index contributed by atoms with van der Waals surface area (Å²) in [6.45, 7) is 3.69. The molecule has 178 valence electrons. The van der Waals surface area contributed by atoms with Crippen LogP contribution in [-0.2, 0) is 11.3 Å². The summed E-state index contributed by atoms with van der Waals surface area (Å²) >= 11 is 0. The van der Waals surface area contributed by atoms with Crippen molar-refractivity contribution in [2.75, 3.05) is 43.4 Å². The summed E-state index contributed by atoms with van der Waals surface area (Å²) in [6.07, 6.45) is 1.44. The van der Waals surface area contributed by atoms with Crippen LogP contribution in [0.4, 0.5) is 24.5 Å². The maximum atomic E-state index is 15.3. The first kappa shape index (κ1) is 22.1. The Balaban J connectivity index is 1.33. The van der Waals surface area contributed by atoms with E-state index in [-0.39, 0.29) is 34.6 Å². The number of pyridine rings is 2. The molecule has 0 bridgehead atoms. The van der Waals surface area contributed by atoms with E-state index in [1.54, 1.807) is 6.92 Å². The molecule has 1 fully saturated rings. The zero-order valence-electron chi connectivity index (χ0n) is 18.5. The quantitative estimate of drug-likeness (QED) is 0.562. The van der Waals surface area contributed by atoms with Gasteiger partial charge in [-0.25, -0.2) is 13.9 Å². The van der Waals surface area contributed by atoms with Crippen molar-refractivity contribution in [3.05, 3.63) is 52.9 Å². The van der Waals surface area contributed by atoms with E-state index in [2.05, 4.69) is 20.7 Å². The maximum absolute atomic E-state index is 15.3. The number of halogens is 3. The van der Waals surface area contributed by atoms with Crippen LogP contribution in [0, 0.1) is 17.7 Å². The molecule has 0 radical (unpaired) electrons. The van der Waals surface area contributed by atoms with Crippen molar-refractivity contribution in [3.63, 3.8) is 0 Å². The molecule has 0 aliphatic carbocycles. The lowest BCUT2D eigenvalue weighted by Crippen LogP contribution is -2.46. The minimum absolute atomic E-state index is 0.00286. The number of aromatic nitrogens is 3. The van der Waals surface area contributed by atoms with Crippen LogP contribution in [0.5, 0.6) is 0 Å². The normalized spacial score (nSPS) is 18.3. The van der Waals surface area contributed by atoms with Crippen LogP contribution in [0.15, 0.2) is 18.3 Å². The minimum atomic E-state index is -0.785. The van der Waals surface area contributed by atoms with Gasteiger partial charge in [-0.15, -0.1) is 5.10 Å². The molecule has 2 N–H and O–H groups in total. The molecule has 2 amide bonds. The molecule has 34 heavy (non-hydrogen) atoms. The third-order valence-corrected chi connectivity index (χ3v) is 6.39. The van der Waals surface area contributed by atoms with Crippen molar-refractivity contribution < 1.29 is 22.8 Å². The average Bonchev–Trinajstić information content (AvgIpc) is 3.16. The molecule has 0 saturated carbocycles. The van der Waals surface area contributed by atoms with Crippen molar-refractivity contribution in [3.8, 4) is 0 Å². The molecule has 5 rings (SSSR count). The molecule has 1 saturated heterocycles. The van der Waals surface area contributed by atoms with Gasteiger partial charge in [-0.05, 0) is 19.1 Å². The molecule has 12 heteroatoms. The van der Waals surface area contributed by atoms with Crippen LogP contribution in [0.1, 0.15) is 34.5 Å². The number of rotatable bonds is 4. The highest BCUT2D eigenvalue weighted by Gasteiger charge is 2.34. The van der Waals surface area contributed by atoms with Gasteiger partial charge in [0.25, 0.3) is 5.91 Å². The van der Waals surface area contributed by atoms with Crippen LogP contribution < -0.4 is 15.5 Å². The number of hydrogen-bond donors (Lipinski definition) is 2. The number of piperazine rings is 1. The van der Waals surface area contributed by atoms with Gasteiger partial charge in [-0.2, -0.15) is 8.78 Å². The van der Waals surface area contributed by atoms with Crippen molar-refractivity contribution in [2.45, 2.75) is 19.4 Å². The molecule has 3 aromatic rings. The summed E-state index contributed by atoms with van der Waals surface area (Å²) in [5, 5.41) is 8.78. The number of amides is 2. The first-order valence-electron chi connectivity index (χ1n) is 10.8. The van der Waals surface area contributed by atoms with Gasteiger partial charge in [0.2, 0.25) is 17.8 Å².